The average molecular weight is 402 g/mol. The fourth-order valence-corrected chi connectivity index (χ4v) is 3.59. The lowest BCUT2D eigenvalue weighted by Gasteiger charge is -2.03. The van der Waals surface area contributed by atoms with E-state index in [2.05, 4.69) is 15.0 Å². The van der Waals surface area contributed by atoms with Crippen molar-refractivity contribution in [2.75, 3.05) is 32.2 Å². The van der Waals surface area contributed by atoms with E-state index in [1.807, 2.05) is 31.2 Å². The molecule has 0 aliphatic rings. The minimum Gasteiger partial charge on any atom is -0.383 e. The van der Waals surface area contributed by atoms with Crippen molar-refractivity contribution in [2.24, 2.45) is 0 Å². The van der Waals surface area contributed by atoms with E-state index in [0.29, 0.717) is 23.3 Å². The monoisotopic (exact) mass is 401 g/mol. The van der Waals surface area contributed by atoms with Gasteiger partial charge in [-0.1, -0.05) is 23.7 Å². The summed E-state index contributed by atoms with van der Waals surface area (Å²) in [4.78, 5) is 17.4. The van der Waals surface area contributed by atoms with Crippen LogP contribution in [0.25, 0.3) is 0 Å². The van der Waals surface area contributed by atoms with Crippen molar-refractivity contribution < 1.29 is 13.7 Å². The van der Waals surface area contributed by atoms with Crippen molar-refractivity contribution in [3.63, 3.8) is 0 Å². The molecule has 0 saturated carbocycles. The van der Waals surface area contributed by atoms with Crippen molar-refractivity contribution >= 4 is 46.2 Å². The van der Waals surface area contributed by atoms with Crippen LogP contribution in [-0.4, -0.2) is 37.8 Å². The highest BCUT2D eigenvalue weighted by Gasteiger charge is 2.11. The van der Waals surface area contributed by atoms with Crippen LogP contribution in [0.5, 0.6) is 0 Å². The number of hydrogen-bond acceptors (Lipinski definition) is 7. The van der Waals surface area contributed by atoms with Crippen molar-refractivity contribution in [3.8, 4) is 0 Å². The number of aryl methyl sites for hydroxylation is 1. The van der Waals surface area contributed by atoms with E-state index in [1.54, 1.807) is 7.11 Å². The summed E-state index contributed by atoms with van der Waals surface area (Å²) in [6.45, 7) is 3.09. The van der Waals surface area contributed by atoms with Gasteiger partial charge in [0.25, 0.3) is 5.91 Å². The number of ether oxygens (including phenoxy) is 1. The van der Waals surface area contributed by atoms with Crippen LogP contribution in [0.4, 0.5) is 5.13 Å². The molecule has 0 fully saturated rings. The third kappa shape index (κ3) is 7.31. The Hall–Kier alpha value is -1.16. The average Bonchev–Trinajstić information content (AvgIpc) is 2.90. The van der Waals surface area contributed by atoms with E-state index in [1.165, 1.54) is 11.3 Å². The fourth-order valence-electron chi connectivity index (χ4n) is 1.94. The van der Waals surface area contributed by atoms with Gasteiger partial charge in [-0.3, -0.25) is 14.3 Å². The van der Waals surface area contributed by atoms with E-state index in [4.69, 9.17) is 20.5 Å². The molecule has 0 spiro atoms. The smallest absolute Gasteiger partial charge is 0.253 e. The molecular weight excluding hydrogens is 382 g/mol. The van der Waals surface area contributed by atoms with Gasteiger partial charge in [0, 0.05) is 30.0 Å². The maximum atomic E-state index is 11.9. The highest BCUT2D eigenvalue weighted by atomic mass is 35.5. The second kappa shape index (κ2) is 10.7. The second-order valence-corrected chi connectivity index (χ2v) is 7.33. The first-order valence-corrected chi connectivity index (χ1v) is 9.53. The number of anilines is 1. The largest absolute Gasteiger partial charge is 0.383 e. The maximum Gasteiger partial charge on any atom is 0.253 e. The first-order chi connectivity index (χ1) is 12.1. The first-order valence-electron chi connectivity index (χ1n) is 7.59. The van der Waals surface area contributed by atoms with Crippen molar-refractivity contribution in [1.29, 1.82) is 0 Å². The minimum absolute atomic E-state index is 0.0626. The van der Waals surface area contributed by atoms with Gasteiger partial charge in [-0.2, -0.15) is 0 Å². The van der Waals surface area contributed by atoms with Crippen LogP contribution in [0.1, 0.15) is 16.1 Å². The summed E-state index contributed by atoms with van der Waals surface area (Å²) in [5.41, 5.74) is 2.01. The van der Waals surface area contributed by atoms with Gasteiger partial charge in [0.1, 0.15) is 6.61 Å². The first kappa shape index (κ1) is 20.2. The number of amides is 1. The van der Waals surface area contributed by atoms with Crippen LogP contribution in [-0.2, 0) is 20.1 Å². The van der Waals surface area contributed by atoms with E-state index >= 15 is 0 Å². The molecule has 2 N–H and O–H groups in total. The highest BCUT2D eigenvalue weighted by molar-refractivity contribution is 7.92. The lowest BCUT2D eigenvalue weighted by molar-refractivity contribution is -0.117. The summed E-state index contributed by atoms with van der Waals surface area (Å²) in [7, 11) is 1.62. The molecule has 136 valence electrons. The standard InChI is InChI=1S/C16H20ClN3O3S2/c1-11-14(9-12-4-3-5-13(17)8-12)24-16(19-11)20-15(21)10-23-25-18-6-7-22-2/h3-5,8,18H,6-7,9-10H2,1-2H3,(H,19,20,21). The molecule has 1 aromatic carbocycles. The number of nitrogens with one attached hydrogen (secondary N) is 2. The molecule has 0 bridgehead atoms. The Bertz CT molecular complexity index is 697. The molecule has 0 aliphatic carbocycles. The van der Waals surface area contributed by atoms with Crippen LogP contribution in [0, 0.1) is 6.92 Å². The van der Waals surface area contributed by atoms with Crippen LogP contribution < -0.4 is 10.0 Å². The Morgan fingerprint density at radius 3 is 3.04 bits per heavy atom. The maximum absolute atomic E-state index is 11.9. The van der Waals surface area contributed by atoms with Gasteiger partial charge in [-0.05, 0) is 24.6 Å². The molecule has 1 heterocycles. The molecule has 6 nitrogen and oxygen atoms in total. The van der Waals surface area contributed by atoms with Crippen LogP contribution in [0.3, 0.4) is 0 Å². The van der Waals surface area contributed by atoms with Crippen LogP contribution in [0.2, 0.25) is 5.02 Å². The Kier molecular flexibility index (Phi) is 8.66. The van der Waals surface area contributed by atoms with E-state index in [0.717, 1.165) is 34.8 Å². The topological polar surface area (TPSA) is 72.5 Å². The zero-order valence-corrected chi connectivity index (χ0v) is 16.4. The molecule has 0 radical (unpaired) electrons. The molecule has 0 aliphatic heterocycles. The number of carbonyl (C=O) groups excluding carboxylic acids is 1. The Morgan fingerprint density at radius 2 is 2.28 bits per heavy atom. The Labute approximate surface area is 160 Å². The van der Waals surface area contributed by atoms with Gasteiger partial charge in [-0.25, -0.2) is 9.71 Å². The fraction of sp³-hybridized carbons (Fsp3) is 0.375. The molecule has 1 aromatic heterocycles. The minimum atomic E-state index is -0.246. The summed E-state index contributed by atoms with van der Waals surface area (Å²) in [6, 6.07) is 7.72. The summed E-state index contributed by atoms with van der Waals surface area (Å²) in [5.74, 6) is -0.246. The molecular formula is C16H20ClN3O3S2. The molecule has 0 unspecified atom stereocenters. The third-order valence-electron chi connectivity index (χ3n) is 3.11. The zero-order valence-electron chi connectivity index (χ0n) is 14.0. The highest BCUT2D eigenvalue weighted by Crippen LogP contribution is 2.26. The normalized spacial score (nSPS) is 10.8. The van der Waals surface area contributed by atoms with E-state index < -0.39 is 0 Å². The number of halogens is 1. The van der Waals surface area contributed by atoms with Crippen LogP contribution in [0.15, 0.2) is 24.3 Å². The van der Waals surface area contributed by atoms with Crippen molar-refractivity contribution in [3.05, 3.63) is 45.4 Å². The summed E-state index contributed by atoms with van der Waals surface area (Å²) >= 11 is 8.50. The summed E-state index contributed by atoms with van der Waals surface area (Å²) in [6.07, 6.45) is 0.732. The van der Waals surface area contributed by atoms with Gasteiger partial charge < -0.3 is 4.74 Å². The number of nitrogens with zero attached hydrogens (tertiary/aromatic N) is 1. The Balaban J connectivity index is 1.80. The quantitative estimate of drug-likeness (QED) is 0.361. The molecule has 1 amide bonds. The van der Waals surface area contributed by atoms with Gasteiger partial charge in [0.15, 0.2) is 5.13 Å². The van der Waals surface area contributed by atoms with E-state index in [-0.39, 0.29) is 12.5 Å². The Morgan fingerprint density at radius 1 is 1.44 bits per heavy atom. The third-order valence-corrected chi connectivity index (χ3v) is 4.97. The molecule has 0 saturated heterocycles. The number of hydrogen-bond donors (Lipinski definition) is 2. The molecule has 2 rings (SSSR count). The predicted octanol–water partition coefficient (Wildman–Crippen LogP) is 3.45. The lowest BCUT2D eigenvalue weighted by Crippen LogP contribution is -2.18. The molecule has 25 heavy (non-hydrogen) atoms. The number of benzene rings is 1. The van der Waals surface area contributed by atoms with Crippen LogP contribution >= 0.6 is 35.2 Å². The second-order valence-electron chi connectivity index (χ2n) is 5.12. The van der Waals surface area contributed by atoms with Crippen molar-refractivity contribution in [1.82, 2.24) is 9.71 Å². The number of carbonyl (C=O) groups is 1. The SMILES string of the molecule is COCCNSOCC(=O)Nc1nc(C)c(Cc2cccc(Cl)c2)s1. The number of aromatic nitrogens is 1. The van der Waals surface area contributed by atoms with Gasteiger partial charge in [0.2, 0.25) is 0 Å². The van der Waals surface area contributed by atoms with E-state index in [9.17, 15) is 4.79 Å². The summed E-state index contributed by atoms with van der Waals surface area (Å²) < 4.78 is 13.0. The number of methoxy groups -OCH3 is 1. The molecule has 0 atom stereocenters. The zero-order chi connectivity index (χ0) is 18.1. The number of rotatable bonds is 10. The number of thiazole rings is 1. The van der Waals surface area contributed by atoms with Gasteiger partial charge in [0.05, 0.1) is 24.5 Å². The predicted molar refractivity (Wildman–Crippen MR) is 103 cm³/mol. The molecule has 2 aromatic rings. The lowest BCUT2D eigenvalue weighted by atomic mass is 10.1. The molecule has 9 heteroatoms. The summed E-state index contributed by atoms with van der Waals surface area (Å²) in [5, 5.41) is 4.03. The van der Waals surface area contributed by atoms with Gasteiger partial charge >= 0.3 is 0 Å². The van der Waals surface area contributed by atoms with Crippen molar-refractivity contribution in [2.45, 2.75) is 13.3 Å². The van der Waals surface area contributed by atoms with Gasteiger partial charge in [-0.15, -0.1) is 11.3 Å².